The van der Waals surface area contributed by atoms with Gasteiger partial charge in [0.2, 0.25) is 0 Å². The molecule has 1 saturated heterocycles. The molecular formula is C20H24N2O. The molecule has 3 heteroatoms. The molecule has 0 radical (unpaired) electrons. The van der Waals surface area contributed by atoms with Gasteiger partial charge < -0.3 is 9.80 Å². The Morgan fingerprint density at radius 2 is 1.74 bits per heavy atom. The molecule has 1 aliphatic heterocycles. The van der Waals surface area contributed by atoms with Crippen LogP contribution in [-0.4, -0.2) is 37.0 Å². The van der Waals surface area contributed by atoms with Crippen LogP contribution in [-0.2, 0) is 0 Å². The van der Waals surface area contributed by atoms with E-state index in [2.05, 4.69) is 31.0 Å². The molecule has 3 nitrogen and oxygen atoms in total. The standard InChI is InChI=1S/C20H24N2O/c1-16-7-6-10-19(15-16)22(18-11-13-21(2)14-12-18)20(23)17-8-4-3-5-9-17/h3-10,15,18H,11-14H2,1-2H3. The summed E-state index contributed by atoms with van der Waals surface area (Å²) in [5.41, 5.74) is 2.95. The summed E-state index contributed by atoms with van der Waals surface area (Å²) in [5, 5.41) is 0. The van der Waals surface area contributed by atoms with Gasteiger partial charge in [-0.15, -0.1) is 0 Å². The normalized spacial score (nSPS) is 16.3. The molecule has 1 aliphatic rings. The van der Waals surface area contributed by atoms with Crippen molar-refractivity contribution >= 4 is 11.6 Å². The van der Waals surface area contributed by atoms with Crippen LogP contribution < -0.4 is 4.90 Å². The summed E-state index contributed by atoms with van der Waals surface area (Å²) in [4.78, 5) is 17.5. The summed E-state index contributed by atoms with van der Waals surface area (Å²) in [7, 11) is 2.15. The lowest BCUT2D eigenvalue weighted by atomic mass is 10.0. The second kappa shape index (κ2) is 6.97. The molecule has 0 N–H and O–H groups in total. The summed E-state index contributed by atoms with van der Waals surface area (Å²) in [6, 6.07) is 18.1. The minimum absolute atomic E-state index is 0.103. The van der Waals surface area contributed by atoms with Crippen LogP contribution in [0.5, 0.6) is 0 Å². The fourth-order valence-electron chi connectivity index (χ4n) is 3.24. The minimum Gasteiger partial charge on any atom is -0.306 e. The number of benzene rings is 2. The quantitative estimate of drug-likeness (QED) is 0.862. The average molecular weight is 308 g/mol. The SMILES string of the molecule is Cc1cccc(N(C(=O)c2ccccc2)C2CCN(C)CC2)c1. The van der Waals surface area contributed by atoms with Crippen molar-refractivity contribution in [1.29, 1.82) is 0 Å². The highest BCUT2D eigenvalue weighted by atomic mass is 16.2. The summed E-state index contributed by atoms with van der Waals surface area (Å²) in [5.74, 6) is 0.103. The number of hydrogen-bond donors (Lipinski definition) is 0. The number of hydrogen-bond acceptors (Lipinski definition) is 2. The van der Waals surface area contributed by atoms with Gasteiger partial charge in [0.1, 0.15) is 0 Å². The molecule has 0 aliphatic carbocycles. The van der Waals surface area contributed by atoms with Crippen LogP contribution in [0.25, 0.3) is 0 Å². The fraction of sp³-hybridized carbons (Fsp3) is 0.350. The van der Waals surface area contributed by atoms with E-state index < -0.39 is 0 Å². The maximum Gasteiger partial charge on any atom is 0.258 e. The Bertz CT molecular complexity index is 660. The van der Waals surface area contributed by atoms with Gasteiger partial charge in [0, 0.05) is 17.3 Å². The molecule has 1 heterocycles. The monoisotopic (exact) mass is 308 g/mol. The molecular weight excluding hydrogens is 284 g/mol. The van der Waals surface area contributed by atoms with Gasteiger partial charge in [-0.25, -0.2) is 0 Å². The summed E-state index contributed by atoms with van der Waals surface area (Å²) in [6.07, 6.45) is 2.03. The van der Waals surface area contributed by atoms with E-state index >= 15 is 0 Å². The Morgan fingerprint density at radius 1 is 1.04 bits per heavy atom. The lowest BCUT2D eigenvalue weighted by Gasteiger charge is -2.37. The Hall–Kier alpha value is -2.13. The molecule has 0 spiro atoms. The van der Waals surface area contributed by atoms with E-state index in [-0.39, 0.29) is 11.9 Å². The molecule has 0 atom stereocenters. The second-order valence-electron chi connectivity index (χ2n) is 6.41. The number of aryl methyl sites for hydroxylation is 1. The third-order valence-electron chi connectivity index (χ3n) is 4.57. The van der Waals surface area contributed by atoms with Crippen LogP contribution in [0, 0.1) is 6.92 Å². The summed E-state index contributed by atoms with van der Waals surface area (Å²) >= 11 is 0. The number of carbonyl (C=O) groups excluding carboxylic acids is 1. The molecule has 0 unspecified atom stereocenters. The first-order valence-electron chi connectivity index (χ1n) is 8.29. The van der Waals surface area contributed by atoms with Crippen molar-refractivity contribution in [3.63, 3.8) is 0 Å². The maximum absolute atomic E-state index is 13.1. The van der Waals surface area contributed by atoms with E-state index in [4.69, 9.17) is 0 Å². The molecule has 0 saturated carbocycles. The topological polar surface area (TPSA) is 23.6 Å². The third kappa shape index (κ3) is 3.62. The zero-order valence-electron chi connectivity index (χ0n) is 13.9. The van der Waals surface area contributed by atoms with Crippen molar-refractivity contribution < 1.29 is 4.79 Å². The summed E-state index contributed by atoms with van der Waals surface area (Å²) < 4.78 is 0. The number of anilines is 1. The highest BCUT2D eigenvalue weighted by Gasteiger charge is 2.28. The van der Waals surface area contributed by atoms with Crippen molar-refractivity contribution in [2.75, 3.05) is 25.0 Å². The van der Waals surface area contributed by atoms with Crippen molar-refractivity contribution in [1.82, 2.24) is 4.90 Å². The second-order valence-corrected chi connectivity index (χ2v) is 6.41. The fourth-order valence-corrected chi connectivity index (χ4v) is 3.24. The molecule has 0 aromatic heterocycles. The van der Waals surface area contributed by atoms with E-state index in [1.165, 1.54) is 5.56 Å². The van der Waals surface area contributed by atoms with Gasteiger partial charge in [-0.1, -0.05) is 30.3 Å². The molecule has 1 amide bonds. The largest absolute Gasteiger partial charge is 0.306 e. The van der Waals surface area contributed by atoms with E-state index in [0.29, 0.717) is 0 Å². The zero-order chi connectivity index (χ0) is 16.2. The minimum atomic E-state index is 0.103. The van der Waals surface area contributed by atoms with Gasteiger partial charge in [0.15, 0.2) is 0 Å². The Balaban J connectivity index is 1.95. The Morgan fingerprint density at radius 3 is 2.39 bits per heavy atom. The van der Waals surface area contributed by atoms with Crippen molar-refractivity contribution in [2.45, 2.75) is 25.8 Å². The molecule has 1 fully saturated rings. The zero-order valence-corrected chi connectivity index (χ0v) is 13.9. The smallest absolute Gasteiger partial charge is 0.258 e. The number of nitrogens with zero attached hydrogens (tertiary/aromatic N) is 2. The van der Waals surface area contributed by atoms with Crippen LogP contribution >= 0.6 is 0 Å². The maximum atomic E-state index is 13.1. The Labute approximate surface area is 138 Å². The Kier molecular flexibility index (Phi) is 4.77. The molecule has 23 heavy (non-hydrogen) atoms. The van der Waals surface area contributed by atoms with Crippen molar-refractivity contribution in [2.24, 2.45) is 0 Å². The van der Waals surface area contributed by atoms with E-state index in [1.807, 2.05) is 47.4 Å². The van der Waals surface area contributed by atoms with Crippen LogP contribution in [0.2, 0.25) is 0 Å². The predicted molar refractivity (Wildman–Crippen MR) is 94.9 cm³/mol. The highest BCUT2D eigenvalue weighted by molar-refractivity contribution is 6.06. The van der Waals surface area contributed by atoms with Gasteiger partial charge in [0.25, 0.3) is 5.91 Å². The van der Waals surface area contributed by atoms with Crippen molar-refractivity contribution in [3.05, 3.63) is 65.7 Å². The molecule has 0 bridgehead atoms. The molecule has 2 aromatic carbocycles. The number of amides is 1. The summed E-state index contributed by atoms with van der Waals surface area (Å²) in [6.45, 7) is 4.15. The number of piperidine rings is 1. The highest BCUT2D eigenvalue weighted by Crippen LogP contribution is 2.26. The lowest BCUT2D eigenvalue weighted by molar-refractivity contribution is 0.0963. The first kappa shape index (κ1) is 15.8. The third-order valence-corrected chi connectivity index (χ3v) is 4.57. The first-order chi connectivity index (χ1) is 11.1. The van der Waals surface area contributed by atoms with Gasteiger partial charge in [-0.2, -0.15) is 0 Å². The van der Waals surface area contributed by atoms with E-state index in [9.17, 15) is 4.79 Å². The van der Waals surface area contributed by atoms with Crippen LogP contribution in [0.1, 0.15) is 28.8 Å². The first-order valence-corrected chi connectivity index (χ1v) is 8.29. The van der Waals surface area contributed by atoms with Crippen LogP contribution in [0.4, 0.5) is 5.69 Å². The van der Waals surface area contributed by atoms with Gasteiger partial charge in [-0.05, 0) is 69.7 Å². The molecule has 120 valence electrons. The number of rotatable bonds is 3. The van der Waals surface area contributed by atoms with E-state index in [1.54, 1.807) is 0 Å². The number of likely N-dealkylation sites (tertiary alicyclic amines) is 1. The van der Waals surface area contributed by atoms with Crippen LogP contribution in [0.3, 0.4) is 0 Å². The average Bonchev–Trinajstić information content (AvgIpc) is 2.58. The lowest BCUT2D eigenvalue weighted by Crippen LogP contribution is -2.46. The van der Waals surface area contributed by atoms with Gasteiger partial charge in [-0.3, -0.25) is 4.79 Å². The van der Waals surface area contributed by atoms with E-state index in [0.717, 1.165) is 37.2 Å². The predicted octanol–water partition coefficient (Wildman–Crippen LogP) is 3.74. The number of carbonyl (C=O) groups is 1. The van der Waals surface area contributed by atoms with Gasteiger partial charge >= 0.3 is 0 Å². The van der Waals surface area contributed by atoms with Crippen molar-refractivity contribution in [3.8, 4) is 0 Å². The molecule has 2 aromatic rings. The molecule has 3 rings (SSSR count). The van der Waals surface area contributed by atoms with Crippen LogP contribution in [0.15, 0.2) is 54.6 Å². The van der Waals surface area contributed by atoms with Gasteiger partial charge in [0.05, 0.1) is 0 Å².